The number of aromatic nitrogens is 1. The summed E-state index contributed by atoms with van der Waals surface area (Å²) in [6.45, 7) is 4.48. The molecule has 6 heteroatoms. The third-order valence-corrected chi connectivity index (χ3v) is 4.64. The summed E-state index contributed by atoms with van der Waals surface area (Å²) < 4.78 is 5.64. The van der Waals surface area contributed by atoms with Gasteiger partial charge in [0.2, 0.25) is 0 Å². The van der Waals surface area contributed by atoms with Gasteiger partial charge in [0.25, 0.3) is 11.7 Å². The molecule has 1 aliphatic rings. The molecule has 0 spiro atoms. The van der Waals surface area contributed by atoms with Gasteiger partial charge in [-0.25, -0.2) is 0 Å². The second-order valence-electron chi connectivity index (χ2n) is 5.78. The predicted molar refractivity (Wildman–Crippen MR) is 80.3 cm³/mol. The summed E-state index contributed by atoms with van der Waals surface area (Å²) in [7, 11) is 0. The summed E-state index contributed by atoms with van der Waals surface area (Å²) in [5, 5.41) is 14.1. The van der Waals surface area contributed by atoms with Gasteiger partial charge >= 0.3 is 0 Å². The first kappa shape index (κ1) is 13.9. The van der Waals surface area contributed by atoms with E-state index in [4.69, 9.17) is 4.42 Å². The summed E-state index contributed by atoms with van der Waals surface area (Å²) in [6, 6.07) is 5.29. The molecule has 6 nitrogen and oxygen atoms in total. The molecule has 1 N–H and O–H groups in total. The highest BCUT2D eigenvalue weighted by atomic mass is 16.6. The minimum absolute atomic E-state index is 0.0302. The monoisotopic (exact) mass is 289 g/mol. The molecule has 1 saturated carbocycles. The van der Waals surface area contributed by atoms with Crippen LogP contribution in [0.1, 0.15) is 33.1 Å². The molecule has 3 atom stereocenters. The SMILES string of the molecule is CCC1CCC(Nc2nc3cc([N+](=O)[O-])ccc3o2)C1C. The fourth-order valence-corrected chi connectivity index (χ4v) is 3.28. The Kier molecular flexibility index (Phi) is 3.53. The van der Waals surface area contributed by atoms with Gasteiger partial charge in [-0.15, -0.1) is 0 Å². The van der Waals surface area contributed by atoms with Gasteiger partial charge in [-0.05, 0) is 30.7 Å². The van der Waals surface area contributed by atoms with Crippen LogP contribution in [0.25, 0.3) is 11.1 Å². The van der Waals surface area contributed by atoms with E-state index in [0.29, 0.717) is 29.1 Å². The van der Waals surface area contributed by atoms with E-state index in [1.54, 1.807) is 6.07 Å². The number of hydrogen-bond donors (Lipinski definition) is 1. The van der Waals surface area contributed by atoms with Gasteiger partial charge in [0.05, 0.1) is 4.92 Å². The van der Waals surface area contributed by atoms with Crippen LogP contribution in [0.15, 0.2) is 22.6 Å². The number of non-ortho nitro benzene ring substituents is 1. The normalized spacial score (nSPS) is 25.3. The maximum absolute atomic E-state index is 10.8. The first-order chi connectivity index (χ1) is 10.1. The molecule has 21 heavy (non-hydrogen) atoms. The van der Waals surface area contributed by atoms with E-state index in [1.165, 1.54) is 25.0 Å². The molecule has 1 aromatic heterocycles. The van der Waals surface area contributed by atoms with Gasteiger partial charge in [0.1, 0.15) is 5.52 Å². The number of hydrogen-bond acceptors (Lipinski definition) is 5. The predicted octanol–water partition coefficient (Wildman–Crippen LogP) is 3.97. The van der Waals surface area contributed by atoms with E-state index in [2.05, 4.69) is 24.1 Å². The van der Waals surface area contributed by atoms with Gasteiger partial charge in [-0.1, -0.05) is 20.3 Å². The van der Waals surface area contributed by atoms with Crippen molar-refractivity contribution in [2.75, 3.05) is 5.32 Å². The number of rotatable bonds is 4. The standard InChI is InChI=1S/C15H19N3O3/c1-3-10-4-6-12(9(10)2)16-15-17-13-8-11(18(19)20)5-7-14(13)21-15/h5,7-10,12H,3-4,6H2,1-2H3,(H,16,17). The molecule has 1 aliphatic carbocycles. The number of nitro groups is 1. The van der Waals surface area contributed by atoms with Crippen LogP contribution in [0, 0.1) is 22.0 Å². The van der Waals surface area contributed by atoms with Crippen LogP contribution in [-0.4, -0.2) is 15.9 Å². The Morgan fingerprint density at radius 3 is 2.95 bits per heavy atom. The van der Waals surface area contributed by atoms with Gasteiger partial charge in [-0.2, -0.15) is 4.98 Å². The largest absolute Gasteiger partial charge is 0.424 e. The molecule has 3 rings (SSSR count). The molecule has 112 valence electrons. The number of nitro benzene ring substituents is 1. The van der Waals surface area contributed by atoms with E-state index in [0.717, 1.165) is 12.3 Å². The quantitative estimate of drug-likeness (QED) is 0.680. The molecule has 1 heterocycles. The number of benzene rings is 1. The lowest BCUT2D eigenvalue weighted by Gasteiger charge is -2.19. The molecule has 2 aromatic rings. The summed E-state index contributed by atoms with van der Waals surface area (Å²) in [6.07, 6.45) is 3.53. The lowest BCUT2D eigenvalue weighted by atomic mass is 9.94. The Balaban J connectivity index is 1.80. The van der Waals surface area contributed by atoms with Crippen LogP contribution in [0.2, 0.25) is 0 Å². The summed E-state index contributed by atoms with van der Waals surface area (Å²) >= 11 is 0. The highest BCUT2D eigenvalue weighted by Crippen LogP contribution is 2.36. The Hall–Kier alpha value is -2.11. The van der Waals surface area contributed by atoms with Gasteiger partial charge < -0.3 is 9.73 Å². The molecule has 0 amide bonds. The van der Waals surface area contributed by atoms with Crippen molar-refractivity contribution in [2.45, 2.75) is 39.2 Å². The molecular weight excluding hydrogens is 270 g/mol. The number of fused-ring (bicyclic) bond motifs is 1. The smallest absolute Gasteiger partial charge is 0.295 e. The lowest BCUT2D eigenvalue weighted by Crippen LogP contribution is -2.24. The van der Waals surface area contributed by atoms with Crippen molar-refractivity contribution in [3.8, 4) is 0 Å². The first-order valence-electron chi connectivity index (χ1n) is 7.40. The zero-order valence-electron chi connectivity index (χ0n) is 12.2. The highest BCUT2D eigenvalue weighted by Gasteiger charge is 2.32. The van der Waals surface area contributed by atoms with Gasteiger partial charge in [-0.3, -0.25) is 10.1 Å². The summed E-state index contributed by atoms with van der Waals surface area (Å²) in [5.74, 6) is 1.33. The Labute approximate surface area is 122 Å². The van der Waals surface area contributed by atoms with E-state index < -0.39 is 4.92 Å². The summed E-state index contributed by atoms with van der Waals surface area (Å²) in [5.41, 5.74) is 1.12. The fraction of sp³-hybridized carbons (Fsp3) is 0.533. The zero-order chi connectivity index (χ0) is 15.0. The molecule has 0 radical (unpaired) electrons. The topological polar surface area (TPSA) is 81.2 Å². The van der Waals surface area contributed by atoms with E-state index in [-0.39, 0.29) is 5.69 Å². The van der Waals surface area contributed by atoms with Crippen molar-refractivity contribution in [1.82, 2.24) is 4.98 Å². The van der Waals surface area contributed by atoms with Crippen molar-refractivity contribution in [2.24, 2.45) is 11.8 Å². The third kappa shape index (κ3) is 2.57. The van der Waals surface area contributed by atoms with Crippen LogP contribution >= 0.6 is 0 Å². The Morgan fingerprint density at radius 1 is 1.48 bits per heavy atom. The molecule has 1 fully saturated rings. The first-order valence-corrected chi connectivity index (χ1v) is 7.40. The molecule has 0 bridgehead atoms. The maximum Gasteiger partial charge on any atom is 0.295 e. The van der Waals surface area contributed by atoms with Crippen LogP contribution in [0.4, 0.5) is 11.7 Å². The fourth-order valence-electron chi connectivity index (χ4n) is 3.28. The Bertz CT molecular complexity index is 667. The minimum atomic E-state index is -0.424. The Morgan fingerprint density at radius 2 is 2.29 bits per heavy atom. The van der Waals surface area contributed by atoms with Crippen LogP contribution in [0.5, 0.6) is 0 Å². The summed E-state index contributed by atoms with van der Waals surface area (Å²) in [4.78, 5) is 14.7. The van der Waals surface area contributed by atoms with Crippen molar-refractivity contribution in [3.63, 3.8) is 0 Å². The van der Waals surface area contributed by atoms with E-state index in [1.807, 2.05) is 0 Å². The average molecular weight is 289 g/mol. The number of nitrogens with zero attached hydrogens (tertiary/aromatic N) is 2. The van der Waals surface area contributed by atoms with Crippen molar-refractivity contribution in [3.05, 3.63) is 28.3 Å². The van der Waals surface area contributed by atoms with Gasteiger partial charge in [0.15, 0.2) is 5.58 Å². The van der Waals surface area contributed by atoms with Crippen molar-refractivity contribution in [1.29, 1.82) is 0 Å². The van der Waals surface area contributed by atoms with Crippen LogP contribution in [0.3, 0.4) is 0 Å². The second-order valence-corrected chi connectivity index (χ2v) is 5.78. The molecular formula is C15H19N3O3. The van der Waals surface area contributed by atoms with Crippen molar-refractivity contribution >= 4 is 22.8 Å². The molecule has 0 saturated heterocycles. The zero-order valence-corrected chi connectivity index (χ0v) is 12.2. The number of anilines is 1. The number of nitrogens with one attached hydrogen (secondary N) is 1. The van der Waals surface area contributed by atoms with Crippen LogP contribution in [-0.2, 0) is 0 Å². The highest BCUT2D eigenvalue weighted by molar-refractivity contribution is 5.77. The molecule has 3 unspecified atom stereocenters. The van der Waals surface area contributed by atoms with E-state index in [9.17, 15) is 10.1 Å². The maximum atomic E-state index is 10.8. The third-order valence-electron chi connectivity index (χ3n) is 4.64. The lowest BCUT2D eigenvalue weighted by molar-refractivity contribution is -0.384. The second kappa shape index (κ2) is 5.35. The van der Waals surface area contributed by atoms with Crippen molar-refractivity contribution < 1.29 is 9.34 Å². The average Bonchev–Trinajstić information content (AvgIpc) is 3.02. The van der Waals surface area contributed by atoms with Crippen LogP contribution < -0.4 is 5.32 Å². The van der Waals surface area contributed by atoms with Gasteiger partial charge in [0, 0.05) is 18.2 Å². The number of oxazole rings is 1. The molecule has 1 aromatic carbocycles. The molecule has 0 aliphatic heterocycles. The van der Waals surface area contributed by atoms with E-state index >= 15 is 0 Å². The minimum Gasteiger partial charge on any atom is -0.424 e.